The van der Waals surface area contributed by atoms with Crippen molar-refractivity contribution in [3.8, 4) is 16.9 Å². The van der Waals surface area contributed by atoms with E-state index in [9.17, 15) is 4.39 Å². The summed E-state index contributed by atoms with van der Waals surface area (Å²) in [4.78, 5) is 0. The molecule has 0 aromatic heterocycles. The van der Waals surface area contributed by atoms with Crippen LogP contribution < -0.4 is 4.74 Å². The molecule has 1 nitrogen and oxygen atoms in total. The third-order valence-corrected chi connectivity index (χ3v) is 5.29. The van der Waals surface area contributed by atoms with Gasteiger partial charge in [0.2, 0.25) is 0 Å². The highest BCUT2D eigenvalue weighted by Gasteiger charge is 2.07. The first-order chi connectivity index (χ1) is 13.7. The molecule has 0 N–H and O–H groups in total. The van der Waals surface area contributed by atoms with Crippen LogP contribution in [0.1, 0.15) is 83.6 Å². The van der Waals surface area contributed by atoms with E-state index in [1.165, 1.54) is 56.9 Å². The van der Waals surface area contributed by atoms with E-state index in [2.05, 4.69) is 38.1 Å². The molecular weight excluding hydrogens is 347 g/mol. The lowest BCUT2D eigenvalue weighted by atomic mass is 10.0. The molecule has 0 aliphatic heterocycles. The molecule has 2 rings (SSSR count). The summed E-state index contributed by atoms with van der Waals surface area (Å²) in [5.41, 5.74) is 3.32. The summed E-state index contributed by atoms with van der Waals surface area (Å²) in [6, 6.07) is 13.9. The zero-order chi connectivity index (χ0) is 20.0. The van der Waals surface area contributed by atoms with E-state index in [1.54, 1.807) is 12.1 Å². The largest absolute Gasteiger partial charge is 0.491 e. The van der Waals surface area contributed by atoms with Crippen LogP contribution in [-0.4, -0.2) is 6.61 Å². The fourth-order valence-electron chi connectivity index (χ4n) is 3.48. The van der Waals surface area contributed by atoms with E-state index in [0.29, 0.717) is 12.4 Å². The Labute approximate surface area is 171 Å². The van der Waals surface area contributed by atoms with Crippen LogP contribution in [-0.2, 0) is 6.42 Å². The summed E-state index contributed by atoms with van der Waals surface area (Å²) in [5, 5.41) is 0. The minimum absolute atomic E-state index is 0.272. The summed E-state index contributed by atoms with van der Waals surface area (Å²) in [7, 11) is 0. The molecule has 0 radical (unpaired) electrons. The van der Waals surface area contributed by atoms with Crippen molar-refractivity contribution in [3.05, 3.63) is 53.8 Å². The van der Waals surface area contributed by atoms with Crippen LogP contribution >= 0.6 is 0 Å². The van der Waals surface area contributed by atoms with E-state index < -0.39 is 0 Å². The molecule has 0 atom stereocenters. The second-order valence-electron chi connectivity index (χ2n) is 7.77. The van der Waals surface area contributed by atoms with Crippen molar-refractivity contribution in [3.63, 3.8) is 0 Å². The highest BCUT2D eigenvalue weighted by molar-refractivity contribution is 5.64. The molecule has 0 spiro atoms. The number of ether oxygens (including phenoxy) is 1. The number of hydrogen-bond acceptors (Lipinski definition) is 1. The maximum atomic E-state index is 14.4. The molecule has 0 bridgehead atoms. The maximum Gasteiger partial charge on any atom is 0.165 e. The highest BCUT2D eigenvalue weighted by atomic mass is 19.1. The van der Waals surface area contributed by atoms with E-state index in [4.69, 9.17) is 4.74 Å². The second-order valence-corrected chi connectivity index (χ2v) is 7.77. The predicted molar refractivity (Wildman–Crippen MR) is 119 cm³/mol. The summed E-state index contributed by atoms with van der Waals surface area (Å²) in [6.07, 6.45) is 13.5. The van der Waals surface area contributed by atoms with Crippen molar-refractivity contribution in [2.75, 3.05) is 6.61 Å². The molecule has 0 heterocycles. The maximum absolute atomic E-state index is 14.4. The van der Waals surface area contributed by atoms with Gasteiger partial charge in [-0.2, -0.15) is 0 Å². The van der Waals surface area contributed by atoms with Crippen molar-refractivity contribution in [2.24, 2.45) is 0 Å². The zero-order valence-corrected chi connectivity index (χ0v) is 17.8. The molecule has 0 saturated carbocycles. The van der Waals surface area contributed by atoms with Gasteiger partial charge in [-0.15, -0.1) is 0 Å². The minimum atomic E-state index is -0.272. The number of halogens is 1. The van der Waals surface area contributed by atoms with Crippen LogP contribution in [0.2, 0.25) is 0 Å². The first-order valence-corrected chi connectivity index (χ1v) is 11.3. The van der Waals surface area contributed by atoms with Crippen LogP contribution in [0.15, 0.2) is 42.5 Å². The number of aryl methyl sites for hydroxylation is 1. The Hall–Kier alpha value is -1.83. The van der Waals surface area contributed by atoms with Crippen LogP contribution in [0.4, 0.5) is 4.39 Å². The van der Waals surface area contributed by atoms with Gasteiger partial charge in [0.25, 0.3) is 0 Å². The normalized spacial score (nSPS) is 11.0. The monoisotopic (exact) mass is 384 g/mol. The number of benzene rings is 2. The van der Waals surface area contributed by atoms with E-state index >= 15 is 0 Å². The smallest absolute Gasteiger partial charge is 0.165 e. The molecule has 2 heteroatoms. The molecule has 0 unspecified atom stereocenters. The van der Waals surface area contributed by atoms with Gasteiger partial charge < -0.3 is 4.74 Å². The van der Waals surface area contributed by atoms with Crippen LogP contribution in [0, 0.1) is 5.82 Å². The summed E-state index contributed by atoms with van der Waals surface area (Å²) >= 11 is 0. The molecule has 0 fully saturated rings. The average molecular weight is 385 g/mol. The van der Waals surface area contributed by atoms with Gasteiger partial charge >= 0.3 is 0 Å². The SMILES string of the molecule is CCCCCCCOc1ccc(-c2ccc(CCCCCCC)cc2)cc1F. The van der Waals surface area contributed by atoms with Gasteiger partial charge in [-0.05, 0) is 48.1 Å². The fraction of sp³-hybridized carbons (Fsp3) is 0.538. The molecule has 0 aliphatic carbocycles. The summed E-state index contributed by atoms with van der Waals surface area (Å²) < 4.78 is 20.0. The van der Waals surface area contributed by atoms with E-state index in [-0.39, 0.29) is 5.82 Å². The highest BCUT2D eigenvalue weighted by Crippen LogP contribution is 2.26. The first kappa shape index (κ1) is 22.5. The Bertz CT molecular complexity index is 663. The fourth-order valence-corrected chi connectivity index (χ4v) is 3.48. The number of rotatable bonds is 14. The predicted octanol–water partition coefficient (Wildman–Crippen LogP) is 8.35. The first-order valence-electron chi connectivity index (χ1n) is 11.3. The van der Waals surface area contributed by atoms with Crippen LogP contribution in [0.25, 0.3) is 11.1 Å². The molecule has 0 aliphatic rings. The van der Waals surface area contributed by atoms with Gasteiger partial charge in [-0.3, -0.25) is 0 Å². The molecule has 2 aromatic rings. The Morgan fingerprint density at radius 1 is 0.679 bits per heavy atom. The lowest BCUT2D eigenvalue weighted by Gasteiger charge is -2.09. The average Bonchev–Trinajstić information content (AvgIpc) is 2.72. The standard InChI is InChI=1S/C26H37FO/c1-3-5-7-9-11-13-22-14-16-23(17-15-22)24-18-19-26(25(27)21-24)28-20-12-10-8-6-4-2/h14-19,21H,3-13,20H2,1-2H3. The third-order valence-electron chi connectivity index (χ3n) is 5.29. The van der Waals surface area contributed by atoms with Crippen molar-refractivity contribution in [2.45, 2.75) is 84.5 Å². The lowest BCUT2D eigenvalue weighted by molar-refractivity contribution is 0.290. The summed E-state index contributed by atoms with van der Waals surface area (Å²) in [6.45, 7) is 5.04. The lowest BCUT2D eigenvalue weighted by Crippen LogP contribution is -1.99. The third kappa shape index (κ3) is 8.04. The van der Waals surface area contributed by atoms with Gasteiger partial charge in [0.15, 0.2) is 11.6 Å². The Morgan fingerprint density at radius 3 is 1.93 bits per heavy atom. The Kier molecular flexibility index (Phi) is 10.7. The number of hydrogen-bond donors (Lipinski definition) is 0. The molecule has 0 amide bonds. The molecule has 0 saturated heterocycles. The number of unbranched alkanes of at least 4 members (excludes halogenated alkanes) is 8. The van der Waals surface area contributed by atoms with Gasteiger partial charge in [0.1, 0.15) is 0 Å². The van der Waals surface area contributed by atoms with Gasteiger partial charge in [0, 0.05) is 0 Å². The zero-order valence-electron chi connectivity index (χ0n) is 17.8. The Balaban J connectivity index is 1.82. The molecule has 2 aromatic carbocycles. The molecule has 28 heavy (non-hydrogen) atoms. The van der Waals surface area contributed by atoms with Crippen LogP contribution in [0.3, 0.4) is 0 Å². The van der Waals surface area contributed by atoms with Crippen molar-refractivity contribution >= 4 is 0 Å². The molecular formula is C26H37FO. The topological polar surface area (TPSA) is 9.23 Å². The van der Waals surface area contributed by atoms with Crippen LogP contribution in [0.5, 0.6) is 5.75 Å². The van der Waals surface area contributed by atoms with Crippen molar-refractivity contribution in [1.29, 1.82) is 0 Å². The van der Waals surface area contributed by atoms with E-state index in [0.717, 1.165) is 30.4 Å². The minimum Gasteiger partial charge on any atom is -0.491 e. The Morgan fingerprint density at radius 2 is 1.29 bits per heavy atom. The van der Waals surface area contributed by atoms with Gasteiger partial charge in [-0.25, -0.2) is 4.39 Å². The van der Waals surface area contributed by atoms with Crippen molar-refractivity contribution < 1.29 is 9.13 Å². The second kappa shape index (κ2) is 13.4. The van der Waals surface area contributed by atoms with Gasteiger partial charge in [-0.1, -0.05) is 95.5 Å². The molecule has 154 valence electrons. The quantitative estimate of drug-likeness (QED) is 0.297. The van der Waals surface area contributed by atoms with E-state index in [1.807, 2.05) is 6.07 Å². The van der Waals surface area contributed by atoms with Gasteiger partial charge in [0.05, 0.1) is 6.61 Å². The van der Waals surface area contributed by atoms with Crippen molar-refractivity contribution in [1.82, 2.24) is 0 Å². The summed E-state index contributed by atoms with van der Waals surface area (Å²) in [5.74, 6) is 0.0917.